The van der Waals surface area contributed by atoms with E-state index in [4.69, 9.17) is 4.74 Å². The Labute approximate surface area is 239 Å². The van der Waals surface area contributed by atoms with E-state index >= 15 is 0 Å². The molecule has 0 fully saturated rings. The van der Waals surface area contributed by atoms with Gasteiger partial charge in [-0.2, -0.15) is 23.5 Å². The summed E-state index contributed by atoms with van der Waals surface area (Å²) in [5.74, 6) is -0.473. The SMILES string of the molecule is CC(C)(C)OC(=O)N1Cc2sc(C#N)cc2[C@H](c2ccccc2-c2cn(CCc3ccccn3)nc2C(F)(F)F)C1. The number of hydrogen-bond acceptors (Lipinski definition) is 6. The third-order valence-electron chi connectivity index (χ3n) is 6.70. The summed E-state index contributed by atoms with van der Waals surface area (Å²) >= 11 is 1.28. The Hall–Kier alpha value is -4.17. The van der Waals surface area contributed by atoms with Gasteiger partial charge in [0.05, 0.1) is 6.54 Å². The lowest BCUT2D eigenvalue weighted by molar-refractivity contribution is -0.141. The Morgan fingerprint density at radius 3 is 2.56 bits per heavy atom. The Morgan fingerprint density at radius 1 is 1.12 bits per heavy atom. The van der Waals surface area contributed by atoms with Gasteiger partial charge in [-0.15, -0.1) is 11.3 Å². The number of ether oxygens (including phenoxy) is 1. The van der Waals surface area contributed by atoms with Gasteiger partial charge in [0.2, 0.25) is 0 Å². The van der Waals surface area contributed by atoms with Crippen molar-refractivity contribution in [2.24, 2.45) is 0 Å². The van der Waals surface area contributed by atoms with E-state index in [1.54, 1.807) is 68.3 Å². The highest BCUT2D eigenvalue weighted by Crippen LogP contribution is 2.44. The largest absolute Gasteiger partial charge is 0.444 e. The highest BCUT2D eigenvalue weighted by atomic mass is 32.1. The minimum atomic E-state index is -4.69. The van der Waals surface area contributed by atoms with Gasteiger partial charge in [0.15, 0.2) is 5.69 Å². The van der Waals surface area contributed by atoms with Crippen LogP contribution in [-0.4, -0.2) is 37.9 Å². The molecule has 0 radical (unpaired) electrons. The maximum atomic E-state index is 14.3. The summed E-state index contributed by atoms with van der Waals surface area (Å²) in [4.78, 5) is 20.2. The molecule has 11 heteroatoms. The summed E-state index contributed by atoms with van der Waals surface area (Å²) in [6.07, 6.45) is -1.72. The Balaban J connectivity index is 1.57. The van der Waals surface area contributed by atoms with Crippen molar-refractivity contribution in [1.82, 2.24) is 19.7 Å². The lowest BCUT2D eigenvalue weighted by Gasteiger charge is -2.35. The Bertz CT molecular complexity index is 1600. The average molecular weight is 580 g/mol. The fourth-order valence-corrected chi connectivity index (χ4v) is 6.00. The van der Waals surface area contributed by atoms with Crippen LogP contribution in [0.1, 0.15) is 59.0 Å². The van der Waals surface area contributed by atoms with Crippen LogP contribution >= 0.6 is 11.3 Å². The average Bonchev–Trinajstić information content (AvgIpc) is 3.55. The number of alkyl halides is 3. The molecule has 5 rings (SSSR count). The molecular weight excluding hydrogens is 551 g/mol. The van der Waals surface area contributed by atoms with Gasteiger partial charge >= 0.3 is 12.3 Å². The topological polar surface area (TPSA) is 84.0 Å². The molecule has 0 N–H and O–H groups in total. The molecule has 0 unspecified atom stereocenters. The van der Waals surface area contributed by atoms with Gasteiger partial charge in [0, 0.05) is 54.0 Å². The third kappa shape index (κ3) is 6.28. The minimum absolute atomic E-state index is 0.0409. The Kier molecular flexibility index (Phi) is 7.62. The molecule has 1 aromatic carbocycles. The molecule has 1 aliphatic rings. The second-order valence-corrected chi connectivity index (χ2v) is 12.0. The summed E-state index contributed by atoms with van der Waals surface area (Å²) in [7, 11) is 0. The molecular formula is C30H28F3N5O2S. The molecule has 3 aromatic heterocycles. The fourth-order valence-electron chi connectivity index (χ4n) is 4.97. The van der Waals surface area contributed by atoms with Crippen molar-refractivity contribution in [3.63, 3.8) is 0 Å². The van der Waals surface area contributed by atoms with Crippen LogP contribution in [0.4, 0.5) is 18.0 Å². The van der Waals surface area contributed by atoms with Crippen LogP contribution in [0.25, 0.3) is 11.1 Å². The number of pyridine rings is 1. The predicted molar refractivity (Wildman–Crippen MR) is 148 cm³/mol. The number of fused-ring (bicyclic) bond motifs is 1. The van der Waals surface area contributed by atoms with Gasteiger partial charge in [-0.3, -0.25) is 9.67 Å². The maximum Gasteiger partial charge on any atom is 0.435 e. The van der Waals surface area contributed by atoms with Crippen molar-refractivity contribution < 1.29 is 22.7 Å². The van der Waals surface area contributed by atoms with Crippen molar-refractivity contribution in [1.29, 1.82) is 5.26 Å². The van der Waals surface area contributed by atoms with E-state index in [1.165, 1.54) is 22.2 Å². The number of halogens is 3. The van der Waals surface area contributed by atoms with Gasteiger partial charge < -0.3 is 9.64 Å². The van der Waals surface area contributed by atoms with Gasteiger partial charge in [-0.25, -0.2) is 4.79 Å². The molecule has 1 atom stereocenters. The van der Waals surface area contributed by atoms with E-state index in [2.05, 4.69) is 16.2 Å². The van der Waals surface area contributed by atoms with Crippen LogP contribution in [0.15, 0.2) is 60.9 Å². The monoisotopic (exact) mass is 579 g/mol. The molecule has 7 nitrogen and oxygen atoms in total. The zero-order valence-electron chi connectivity index (χ0n) is 22.8. The molecule has 4 heterocycles. The standard InChI is InChI=1S/C30H28F3N5O2S/c1-29(2,3)40-28(39)37-16-24(23-14-20(15-34)41-26(23)18-37)21-9-4-5-10-22(21)25-17-38(36-27(25)30(31,32)33)13-11-19-8-6-7-12-35-19/h4-10,12,14,17,24H,11,13,16,18H2,1-3H3/t24-/m0/s1. The highest BCUT2D eigenvalue weighted by molar-refractivity contribution is 7.12. The third-order valence-corrected chi connectivity index (χ3v) is 7.74. The number of aromatic nitrogens is 3. The quantitative estimate of drug-likeness (QED) is 0.254. The molecule has 0 aliphatic carbocycles. The maximum absolute atomic E-state index is 14.3. The smallest absolute Gasteiger partial charge is 0.435 e. The molecule has 41 heavy (non-hydrogen) atoms. The van der Waals surface area contributed by atoms with Crippen molar-refractivity contribution in [2.75, 3.05) is 6.54 Å². The lowest BCUT2D eigenvalue weighted by atomic mass is 9.84. The molecule has 4 aromatic rings. The zero-order chi connectivity index (χ0) is 29.4. The number of thiophene rings is 1. The number of rotatable bonds is 5. The summed E-state index contributed by atoms with van der Waals surface area (Å²) in [5, 5.41) is 13.5. The second kappa shape index (κ2) is 11.0. The normalized spacial score (nSPS) is 15.3. The molecule has 1 amide bonds. The van der Waals surface area contributed by atoms with Gasteiger partial charge in [-0.1, -0.05) is 30.3 Å². The van der Waals surface area contributed by atoms with Gasteiger partial charge in [-0.05, 0) is 55.7 Å². The molecule has 0 bridgehead atoms. The van der Waals surface area contributed by atoms with E-state index in [0.29, 0.717) is 22.4 Å². The van der Waals surface area contributed by atoms with Crippen LogP contribution in [0, 0.1) is 11.3 Å². The van der Waals surface area contributed by atoms with Crippen molar-refractivity contribution in [3.05, 3.63) is 93.2 Å². The van der Waals surface area contributed by atoms with E-state index < -0.39 is 29.5 Å². The molecule has 0 spiro atoms. The molecule has 0 saturated carbocycles. The number of nitriles is 1. The number of nitrogens with zero attached hydrogens (tertiary/aromatic N) is 5. The Morgan fingerprint density at radius 2 is 1.88 bits per heavy atom. The number of carbonyl (C=O) groups excluding carboxylic acids is 1. The minimum Gasteiger partial charge on any atom is -0.444 e. The number of aryl methyl sites for hydroxylation is 2. The first-order valence-corrected chi connectivity index (χ1v) is 13.9. The fraction of sp³-hybridized carbons (Fsp3) is 0.333. The first-order chi connectivity index (χ1) is 19.4. The first-order valence-electron chi connectivity index (χ1n) is 13.1. The van der Waals surface area contributed by atoms with Crippen LogP contribution in [-0.2, 0) is 30.4 Å². The predicted octanol–water partition coefficient (Wildman–Crippen LogP) is 7.02. The lowest BCUT2D eigenvalue weighted by Crippen LogP contribution is -2.41. The second-order valence-electron chi connectivity index (χ2n) is 10.8. The van der Waals surface area contributed by atoms with E-state index in [9.17, 15) is 23.2 Å². The molecule has 0 saturated heterocycles. The molecule has 212 valence electrons. The van der Waals surface area contributed by atoms with Gasteiger partial charge in [0.1, 0.15) is 16.5 Å². The van der Waals surface area contributed by atoms with E-state index in [0.717, 1.165) is 16.1 Å². The first kappa shape index (κ1) is 28.4. The van der Waals surface area contributed by atoms with Gasteiger partial charge in [0.25, 0.3) is 0 Å². The van der Waals surface area contributed by atoms with Crippen molar-refractivity contribution in [3.8, 4) is 17.2 Å². The van der Waals surface area contributed by atoms with Crippen LogP contribution in [0.2, 0.25) is 0 Å². The number of benzene rings is 1. The summed E-state index contributed by atoms with van der Waals surface area (Å²) in [6.45, 7) is 5.99. The van der Waals surface area contributed by atoms with Crippen LogP contribution in [0.3, 0.4) is 0 Å². The zero-order valence-corrected chi connectivity index (χ0v) is 23.6. The number of hydrogen-bond donors (Lipinski definition) is 0. The summed E-state index contributed by atoms with van der Waals surface area (Å²) in [5.41, 5.74) is 0.824. The number of carbonyl (C=O) groups is 1. The van der Waals surface area contributed by atoms with Crippen LogP contribution in [0.5, 0.6) is 0 Å². The molecule has 1 aliphatic heterocycles. The van der Waals surface area contributed by atoms with E-state index in [-0.39, 0.29) is 25.2 Å². The van der Waals surface area contributed by atoms with E-state index in [1.807, 2.05) is 12.1 Å². The summed E-state index contributed by atoms with van der Waals surface area (Å²) in [6, 6.07) is 16.2. The van der Waals surface area contributed by atoms with Crippen molar-refractivity contribution in [2.45, 2.75) is 58.0 Å². The summed E-state index contributed by atoms with van der Waals surface area (Å²) < 4.78 is 49.8. The van der Waals surface area contributed by atoms with Crippen LogP contribution < -0.4 is 0 Å². The highest BCUT2D eigenvalue weighted by Gasteiger charge is 2.40. The van der Waals surface area contributed by atoms with Crippen molar-refractivity contribution >= 4 is 17.4 Å². The number of amides is 1.